The van der Waals surface area contributed by atoms with Crippen molar-refractivity contribution in [3.63, 3.8) is 0 Å². The van der Waals surface area contributed by atoms with Crippen LogP contribution in [0.1, 0.15) is 25.3 Å². The van der Waals surface area contributed by atoms with E-state index in [-0.39, 0.29) is 5.56 Å². The van der Waals surface area contributed by atoms with Crippen LogP contribution in [0.15, 0.2) is 72.8 Å². The van der Waals surface area contributed by atoms with E-state index in [0.717, 1.165) is 35.1 Å². The summed E-state index contributed by atoms with van der Waals surface area (Å²) in [5, 5.41) is 1.22. The van der Waals surface area contributed by atoms with Gasteiger partial charge in [0.2, 0.25) is 0 Å². The highest BCUT2D eigenvalue weighted by Gasteiger charge is 2.12. The Morgan fingerprint density at radius 2 is 1.38 bits per heavy atom. The molecule has 0 aliphatic rings. The van der Waals surface area contributed by atoms with E-state index in [9.17, 15) is 8.78 Å². The zero-order valence-electron chi connectivity index (χ0n) is 16.2. The maximum Gasteiger partial charge on any atom is 0.159 e. The summed E-state index contributed by atoms with van der Waals surface area (Å²) >= 11 is 0. The van der Waals surface area contributed by atoms with Gasteiger partial charge in [-0.15, -0.1) is 0 Å². The fourth-order valence-electron chi connectivity index (χ4n) is 3.60. The van der Waals surface area contributed by atoms with Gasteiger partial charge in [-0.05, 0) is 58.7 Å². The predicted molar refractivity (Wildman–Crippen MR) is 113 cm³/mol. The molecule has 4 aromatic rings. The standard InChI is InChI=1S/C26H21F3/c1-2-3-4-17-5-7-18(8-6-17)19-9-12-22-20(15-19)10-13-23(26(22)29)21-11-14-24(27)25(28)16-21/h5-16H,2-4H2,1H3. The number of hydrogen-bond donors (Lipinski definition) is 0. The molecule has 29 heavy (non-hydrogen) atoms. The Labute approximate surface area is 168 Å². The number of benzene rings is 4. The monoisotopic (exact) mass is 390 g/mol. The Bertz CT molecular complexity index is 1160. The summed E-state index contributed by atoms with van der Waals surface area (Å²) in [6.45, 7) is 2.18. The van der Waals surface area contributed by atoms with Crippen LogP contribution in [0.5, 0.6) is 0 Å². The van der Waals surface area contributed by atoms with Gasteiger partial charge in [0.15, 0.2) is 11.6 Å². The van der Waals surface area contributed by atoms with Crippen LogP contribution in [0.4, 0.5) is 13.2 Å². The van der Waals surface area contributed by atoms with Crippen molar-refractivity contribution in [2.75, 3.05) is 0 Å². The highest BCUT2D eigenvalue weighted by atomic mass is 19.2. The van der Waals surface area contributed by atoms with Gasteiger partial charge in [-0.2, -0.15) is 0 Å². The maximum atomic E-state index is 15.1. The van der Waals surface area contributed by atoms with Gasteiger partial charge in [-0.1, -0.05) is 67.9 Å². The van der Waals surface area contributed by atoms with Crippen molar-refractivity contribution in [3.8, 4) is 22.3 Å². The summed E-state index contributed by atoms with van der Waals surface area (Å²) in [6, 6.07) is 20.9. The first-order valence-corrected chi connectivity index (χ1v) is 9.84. The van der Waals surface area contributed by atoms with Gasteiger partial charge in [0.25, 0.3) is 0 Å². The molecule has 0 unspecified atom stereocenters. The van der Waals surface area contributed by atoms with Gasteiger partial charge < -0.3 is 0 Å². The minimum atomic E-state index is -0.986. The normalized spacial score (nSPS) is 11.2. The van der Waals surface area contributed by atoms with Gasteiger partial charge in [0, 0.05) is 10.9 Å². The van der Waals surface area contributed by atoms with E-state index in [4.69, 9.17) is 0 Å². The lowest BCUT2D eigenvalue weighted by atomic mass is 9.96. The lowest BCUT2D eigenvalue weighted by Crippen LogP contribution is -1.91. The maximum absolute atomic E-state index is 15.1. The highest BCUT2D eigenvalue weighted by molar-refractivity contribution is 5.91. The molecule has 0 nitrogen and oxygen atoms in total. The summed E-state index contributed by atoms with van der Waals surface area (Å²) in [5.41, 5.74) is 3.98. The van der Waals surface area contributed by atoms with Crippen molar-refractivity contribution < 1.29 is 13.2 Å². The van der Waals surface area contributed by atoms with E-state index < -0.39 is 17.5 Å². The number of unbranched alkanes of at least 4 members (excludes halogenated alkanes) is 1. The second kappa shape index (κ2) is 8.12. The third kappa shape index (κ3) is 3.91. The number of fused-ring (bicyclic) bond motifs is 1. The van der Waals surface area contributed by atoms with Crippen LogP contribution in [-0.4, -0.2) is 0 Å². The number of hydrogen-bond acceptors (Lipinski definition) is 0. The Balaban J connectivity index is 1.69. The van der Waals surface area contributed by atoms with Crippen LogP contribution in [0.2, 0.25) is 0 Å². The molecule has 0 fully saturated rings. The minimum absolute atomic E-state index is 0.254. The van der Waals surface area contributed by atoms with E-state index in [2.05, 4.69) is 31.2 Å². The molecule has 0 heterocycles. The average Bonchev–Trinajstić information content (AvgIpc) is 2.75. The summed E-state index contributed by atoms with van der Waals surface area (Å²) in [6.07, 6.45) is 3.42. The molecule has 4 rings (SSSR count). The molecule has 0 atom stereocenters. The molecule has 0 aliphatic carbocycles. The summed E-state index contributed by atoms with van der Waals surface area (Å²) in [4.78, 5) is 0. The lowest BCUT2D eigenvalue weighted by Gasteiger charge is -2.10. The van der Waals surface area contributed by atoms with Crippen molar-refractivity contribution in [1.29, 1.82) is 0 Å². The van der Waals surface area contributed by atoms with E-state index in [1.807, 2.05) is 18.2 Å². The molecule has 3 heteroatoms. The minimum Gasteiger partial charge on any atom is -0.206 e. The first-order valence-electron chi connectivity index (χ1n) is 9.84. The molecule has 0 amide bonds. The molecular formula is C26H21F3. The number of rotatable bonds is 5. The summed E-state index contributed by atoms with van der Waals surface area (Å²) < 4.78 is 41.8. The topological polar surface area (TPSA) is 0 Å². The average molecular weight is 390 g/mol. The molecule has 0 saturated heterocycles. The molecule has 0 radical (unpaired) electrons. The van der Waals surface area contributed by atoms with Crippen LogP contribution in [0, 0.1) is 17.5 Å². The third-order valence-electron chi connectivity index (χ3n) is 5.29. The van der Waals surface area contributed by atoms with Gasteiger partial charge in [0.1, 0.15) is 5.82 Å². The van der Waals surface area contributed by atoms with Crippen molar-refractivity contribution in [3.05, 3.63) is 95.8 Å². The zero-order chi connectivity index (χ0) is 20.4. The molecule has 0 aromatic heterocycles. The van der Waals surface area contributed by atoms with Crippen LogP contribution < -0.4 is 0 Å². The van der Waals surface area contributed by atoms with Crippen molar-refractivity contribution in [2.24, 2.45) is 0 Å². The van der Waals surface area contributed by atoms with Crippen LogP contribution in [-0.2, 0) is 6.42 Å². The molecule has 146 valence electrons. The van der Waals surface area contributed by atoms with E-state index in [1.165, 1.54) is 24.5 Å². The Morgan fingerprint density at radius 1 is 0.655 bits per heavy atom. The SMILES string of the molecule is CCCCc1ccc(-c2ccc3c(F)c(-c4ccc(F)c(F)c4)ccc3c2)cc1. The van der Waals surface area contributed by atoms with Crippen LogP contribution in [0.3, 0.4) is 0 Å². The molecule has 4 aromatic carbocycles. The first-order chi connectivity index (χ1) is 14.1. The smallest absolute Gasteiger partial charge is 0.159 e. The molecular weight excluding hydrogens is 369 g/mol. The first kappa shape index (κ1) is 19.3. The van der Waals surface area contributed by atoms with Crippen molar-refractivity contribution in [1.82, 2.24) is 0 Å². The number of aryl methyl sites for hydroxylation is 1. The van der Waals surface area contributed by atoms with Gasteiger partial charge in [-0.25, -0.2) is 13.2 Å². The quantitative estimate of drug-likeness (QED) is 0.324. The van der Waals surface area contributed by atoms with Gasteiger partial charge in [0.05, 0.1) is 0 Å². The van der Waals surface area contributed by atoms with E-state index >= 15 is 4.39 Å². The molecule has 0 N–H and O–H groups in total. The van der Waals surface area contributed by atoms with E-state index in [1.54, 1.807) is 12.1 Å². The Hall–Kier alpha value is -3.07. The largest absolute Gasteiger partial charge is 0.206 e. The van der Waals surface area contributed by atoms with Gasteiger partial charge in [-0.3, -0.25) is 0 Å². The zero-order valence-corrected chi connectivity index (χ0v) is 16.2. The second-order valence-corrected chi connectivity index (χ2v) is 7.29. The fraction of sp³-hybridized carbons (Fsp3) is 0.154. The molecule has 0 saturated carbocycles. The van der Waals surface area contributed by atoms with Crippen molar-refractivity contribution in [2.45, 2.75) is 26.2 Å². The second-order valence-electron chi connectivity index (χ2n) is 7.29. The Morgan fingerprint density at radius 3 is 2.10 bits per heavy atom. The summed E-state index contributed by atoms with van der Waals surface area (Å²) in [5.74, 6) is -2.37. The third-order valence-corrected chi connectivity index (χ3v) is 5.29. The molecule has 0 aliphatic heterocycles. The fourth-order valence-corrected chi connectivity index (χ4v) is 3.60. The lowest BCUT2D eigenvalue weighted by molar-refractivity contribution is 0.509. The Kier molecular flexibility index (Phi) is 5.39. The highest BCUT2D eigenvalue weighted by Crippen LogP contribution is 2.32. The predicted octanol–water partition coefficient (Wildman–Crippen LogP) is 7.93. The van der Waals surface area contributed by atoms with Crippen molar-refractivity contribution >= 4 is 10.8 Å². The molecule has 0 bridgehead atoms. The van der Waals surface area contributed by atoms with Crippen LogP contribution in [0.25, 0.3) is 33.0 Å². The number of halogens is 3. The van der Waals surface area contributed by atoms with Crippen LogP contribution >= 0.6 is 0 Å². The van der Waals surface area contributed by atoms with Gasteiger partial charge >= 0.3 is 0 Å². The van der Waals surface area contributed by atoms with E-state index in [0.29, 0.717) is 10.9 Å². The summed E-state index contributed by atoms with van der Waals surface area (Å²) in [7, 11) is 0. The molecule has 0 spiro atoms.